The van der Waals surface area contributed by atoms with E-state index in [1.54, 1.807) is 0 Å². The van der Waals surface area contributed by atoms with Gasteiger partial charge in [-0.2, -0.15) is 0 Å². The van der Waals surface area contributed by atoms with Crippen LogP contribution in [0.3, 0.4) is 0 Å². The van der Waals surface area contributed by atoms with Crippen molar-refractivity contribution in [3.05, 3.63) is 18.1 Å². The number of hydrogen-bond donors (Lipinski definition) is 3. The summed E-state index contributed by atoms with van der Waals surface area (Å²) in [6, 6.07) is 0. The van der Waals surface area contributed by atoms with Crippen molar-refractivity contribution in [2.75, 3.05) is 11.9 Å². The number of aromatic nitrogens is 2. The third-order valence-corrected chi connectivity index (χ3v) is 3.13. The maximum atomic E-state index is 10.6. The Morgan fingerprint density at radius 2 is 2.06 bits per heavy atom. The Kier molecular flexibility index (Phi) is 3.23. The molecule has 92 valence electrons. The quantitative estimate of drug-likeness (QED) is 0.719. The Bertz CT molecular complexity index is 399. The van der Waals surface area contributed by atoms with E-state index in [4.69, 9.17) is 5.11 Å². The van der Waals surface area contributed by atoms with Crippen LogP contribution in [0.5, 0.6) is 0 Å². The molecular formula is C11H15N3O3. The molecule has 1 aliphatic carbocycles. The lowest BCUT2D eigenvalue weighted by Crippen LogP contribution is -2.39. The fourth-order valence-electron chi connectivity index (χ4n) is 2.15. The highest BCUT2D eigenvalue weighted by Crippen LogP contribution is 2.31. The van der Waals surface area contributed by atoms with Crippen LogP contribution in [0.25, 0.3) is 0 Å². The summed E-state index contributed by atoms with van der Waals surface area (Å²) >= 11 is 0. The maximum absolute atomic E-state index is 10.6. The minimum Gasteiger partial charge on any atom is -0.476 e. The summed E-state index contributed by atoms with van der Waals surface area (Å²) in [7, 11) is 0. The van der Waals surface area contributed by atoms with Crippen molar-refractivity contribution in [3.63, 3.8) is 0 Å². The number of nitrogens with one attached hydrogen (secondary N) is 1. The average Bonchev–Trinajstić information content (AvgIpc) is 2.79. The molecule has 1 aromatic heterocycles. The fourth-order valence-corrected chi connectivity index (χ4v) is 2.15. The summed E-state index contributed by atoms with van der Waals surface area (Å²) < 4.78 is 0. The van der Waals surface area contributed by atoms with Gasteiger partial charge < -0.3 is 15.5 Å². The third kappa shape index (κ3) is 2.52. The van der Waals surface area contributed by atoms with Gasteiger partial charge in [0.25, 0.3) is 0 Å². The topological polar surface area (TPSA) is 95.3 Å². The number of aliphatic hydroxyl groups excluding tert-OH is 1. The lowest BCUT2D eigenvalue weighted by molar-refractivity contribution is 0.0690. The van der Waals surface area contributed by atoms with Crippen LogP contribution in [-0.4, -0.2) is 38.3 Å². The van der Waals surface area contributed by atoms with E-state index in [1.807, 2.05) is 0 Å². The highest BCUT2D eigenvalue weighted by molar-refractivity contribution is 5.84. The van der Waals surface area contributed by atoms with Gasteiger partial charge >= 0.3 is 5.97 Å². The van der Waals surface area contributed by atoms with Crippen LogP contribution in [0.15, 0.2) is 12.4 Å². The van der Waals surface area contributed by atoms with E-state index >= 15 is 0 Å². The van der Waals surface area contributed by atoms with Crippen LogP contribution in [0, 0.1) is 0 Å². The van der Waals surface area contributed by atoms with E-state index in [1.165, 1.54) is 12.4 Å². The molecule has 0 amide bonds. The Morgan fingerprint density at radius 3 is 2.53 bits per heavy atom. The first-order chi connectivity index (χ1) is 8.15. The summed E-state index contributed by atoms with van der Waals surface area (Å²) in [5.41, 5.74) is -0.403. The van der Waals surface area contributed by atoms with Crippen molar-refractivity contribution in [2.45, 2.75) is 31.2 Å². The van der Waals surface area contributed by atoms with Gasteiger partial charge in [-0.25, -0.2) is 14.8 Å². The summed E-state index contributed by atoms with van der Waals surface area (Å²) in [6.45, 7) is 0.0510. The molecule has 0 unspecified atom stereocenters. The number of rotatable bonds is 4. The summed E-state index contributed by atoms with van der Waals surface area (Å²) in [6.07, 6.45) is 6.55. The van der Waals surface area contributed by atoms with Crippen LogP contribution >= 0.6 is 0 Å². The molecular weight excluding hydrogens is 222 g/mol. The first-order valence-electron chi connectivity index (χ1n) is 5.60. The van der Waals surface area contributed by atoms with Gasteiger partial charge in [-0.3, -0.25) is 0 Å². The molecule has 2 rings (SSSR count). The Hall–Kier alpha value is -1.69. The van der Waals surface area contributed by atoms with E-state index in [9.17, 15) is 9.90 Å². The first-order valence-corrected chi connectivity index (χ1v) is 5.60. The zero-order valence-corrected chi connectivity index (χ0v) is 9.39. The normalized spacial score (nSPS) is 17.9. The highest BCUT2D eigenvalue weighted by Gasteiger charge is 2.33. The fraction of sp³-hybridized carbons (Fsp3) is 0.545. The third-order valence-electron chi connectivity index (χ3n) is 3.13. The molecule has 0 spiro atoms. The van der Waals surface area contributed by atoms with Crippen molar-refractivity contribution in [1.29, 1.82) is 0 Å². The summed E-state index contributed by atoms with van der Waals surface area (Å²) in [5, 5.41) is 21.3. The van der Waals surface area contributed by atoms with E-state index in [0.29, 0.717) is 5.82 Å². The van der Waals surface area contributed by atoms with Crippen molar-refractivity contribution in [3.8, 4) is 0 Å². The second-order valence-corrected chi connectivity index (χ2v) is 4.36. The number of nitrogens with zero attached hydrogens (tertiary/aromatic N) is 2. The van der Waals surface area contributed by atoms with E-state index in [-0.39, 0.29) is 17.8 Å². The van der Waals surface area contributed by atoms with E-state index < -0.39 is 5.97 Å². The zero-order chi connectivity index (χ0) is 12.3. The van der Waals surface area contributed by atoms with Crippen molar-refractivity contribution in [2.24, 2.45) is 0 Å². The Morgan fingerprint density at radius 1 is 1.35 bits per heavy atom. The first kappa shape index (κ1) is 11.8. The molecule has 0 aromatic carbocycles. The van der Waals surface area contributed by atoms with Crippen molar-refractivity contribution < 1.29 is 15.0 Å². The predicted molar refractivity (Wildman–Crippen MR) is 60.9 cm³/mol. The van der Waals surface area contributed by atoms with Crippen molar-refractivity contribution in [1.82, 2.24) is 9.97 Å². The second-order valence-electron chi connectivity index (χ2n) is 4.36. The van der Waals surface area contributed by atoms with Gasteiger partial charge in [-0.15, -0.1) is 0 Å². The van der Waals surface area contributed by atoms with Gasteiger partial charge in [0.15, 0.2) is 5.69 Å². The number of carboxylic acid groups (broad SMARTS) is 1. The minimum absolute atomic E-state index is 0.0510. The Balaban J connectivity index is 2.10. The number of aromatic carboxylic acids is 1. The van der Waals surface area contributed by atoms with Gasteiger partial charge in [-0.05, 0) is 12.8 Å². The molecule has 6 heteroatoms. The Labute approximate surface area is 98.7 Å². The predicted octanol–water partition coefficient (Wildman–Crippen LogP) is 0.892. The maximum Gasteiger partial charge on any atom is 0.356 e. The van der Waals surface area contributed by atoms with Gasteiger partial charge in [0.1, 0.15) is 5.82 Å². The molecule has 17 heavy (non-hydrogen) atoms. The van der Waals surface area contributed by atoms with Crippen LogP contribution in [0.1, 0.15) is 36.2 Å². The van der Waals surface area contributed by atoms with Crippen LogP contribution < -0.4 is 5.32 Å². The van der Waals surface area contributed by atoms with Gasteiger partial charge in [0, 0.05) is 0 Å². The molecule has 1 aliphatic rings. The molecule has 6 nitrogen and oxygen atoms in total. The molecule has 0 radical (unpaired) electrons. The molecule has 0 saturated heterocycles. The number of anilines is 1. The summed E-state index contributed by atoms with van der Waals surface area (Å²) in [4.78, 5) is 18.4. The molecule has 1 fully saturated rings. The van der Waals surface area contributed by atoms with Crippen molar-refractivity contribution >= 4 is 11.8 Å². The van der Waals surface area contributed by atoms with Gasteiger partial charge in [0.2, 0.25) is 0 Å². The summed E-state index contributed by atoms with van der Waals surface area (Å²) in [5.74, 6) is -0.590. The lowest BCUT2D eigenvalue weighted by atomic mass is 9.99. The van der Waals surface area contributed by atoms with Crippen LogP contribution in [0.2, 0.25) is 0 Å². The van der Waals surface area contributed by atoms with E-state index in [2.05, 4.69) is 15.3 Å². The molecule has 1 aromatic rings. The molecule has 0 aliphatic heterocycles. The second kappa shape index (κ2) is 4.67. The molecule has 0 bridgehead atoms. The SMILES string of the molecule is O=C(O)c1cnc(NC2(CO)CCCC2)cn1. The van der Waals surface area contributed by atoms with Crippen LogP contribution in [0.4, 0.5) is 5.82 Å². The number of hydrogen-bond acceptors (Lipinski definition) is 5. The zero-order valence-electron chi connectivity index (χ0n) is 9.39. The van der Waals surface area contributed by atoms with Gasteiger partial charge in [0.05, 0.1) is 24.5 Å². The van der Waals surface area contributed by atoms with Crippen LogP contribution in [-0.2, 0) is 0 Å². The highest BCUT2D eigenvalue weighted by atomic mass is 16.4. The smallest absolute Gasteiger partial charge is 0.356 e. The standard InChI is InChI=1S/C11H15N3O3/c15-7-11(3-1-2-4-11)14-9-6-12-8(5-13-9)10(16)17/h5-6,15H,1-4,7H2,(H,13,14)(H,16,17). The number of carboxylic acids is 1. The number of carbonyl (C=O) groups is 1. The monoisotopic (exact) mass is 237 g/mol. The largest absolute Gasteiger partial charge is 0.476 e. The molecule has 0 atom stereocenters. The number of aliphatic hydroxyl groups is 1. The molecule has 1 saturated carbocycles. The van der Waals surface area contributed by atoms with Gasteiger partial charge in [-0.1, -0.05) is 12.8 Å². The van der Waals surface area contributed by atoms with E-state index in [0.717, 1.165) is 25.7 Å². The lowest BCUT2D eigenvalue weighted by Gasteiger charge is -2.28. The molecule has 3 N–H and O–H groups in total. The minimum atomic E-state index is -1.10. The molecule has 1 heterocycles. The average molecular weight is 237 g/mol.